The second-order valence-electron chi connectivity index (χ2n) is 7.50. The molecule has 2 amide bonds. The molecule has 166 valence electrons. The number of halogens is 1. The van der Waals surface area contributed by atoms with Crippen LogP contribution in [0, 0.1) is 0 Å². The van der Waals surface area contributed by atoms with Crippen LogP contribution in [0.1, 0.15) is 18.5 Å². The van der Waals surface area contributed by atoms with Crippen molar-refractivity contribution in [2.75, 3.05) is 31.1 Å². The van der Waals surface area contributed by atoms with Gasteiger partial charge in [-0.3, -0.25) is 9.59 Å². The van der Waals surface area contributed by atoms with E-state index in [9.17, 15) is 24.9 Å². The van der Waals surface area contributed by atoms with Crippen molar-refractivity contribution in [3.05, 3.63) is 58.6 Å². The van der Waals surface area contributed by atoms with Crippen LogP contribution in [-0.2, 0) is 9.59 Å². The zero-order valence-corrected chi connectivity index (χ0v) is 18.7. The molecule has 2 aromatic rings. The second-order valence-corrected chi connectivity index (χ2v) is 8.42. The number of carbonyl (C=O) groups is 2. The molecule has 0 saturated carbocycles. The van der Waals surface area contributed by atoms with E-state index in [1.54, 1.807) is 31.2 Å². The van der Waals surface area contributed by atoms with Crippen molar-refractivity contribution in [1.29, 1.82) is 0 Å². The summed E-state index contributed by atoms with van der Waals surface area (Å²) in [5.74, 6) is -1.30. The van der Waals surface area contributed by atoms with Gasteiger partial charge in [0.1, 0.15) is 5.75 Å². The monoisotopic (exact) mass is 491 g/mol. The van der Waals surface area contributed by atoms with Crippen LogP contribution in [0.3, 0.4) is 0 Å². The number of hydrogen-bond acceptors (Lipinski definition) is 6. The molecule has 1 fully saturated rings. The van der Waals surface area contributed by atoms with Gasteiger partial charge in [0.2, 0.25) is 0 Å². The van der Waals surface area contributed by atoms with Crippen molar-refractivity contribution < 1.29 is 24.9 Å². The van der Waals surface area contributed by atoms with Gasteiger partial charge in [0.25, 0.3) is 11.8 Å². The number of phenols is 1. The molecule has 9 heteroatoms. The van der Waals surface area contributed by atoms with E-state index in [1.807, 2.05) is 24.3 Å². The number of aliphatic hydroxyl groups excluding tert-OH is 2. The Balaban J connectivity index is 1.52. The first kappa shape index (κ1) is 23.1. The molecule has 3 unspecified atom stereocenters. The van der Waals surface area contributed by atoms with Crippen molar-refractivity contribution in [3.8, 4) is 5.75 Å². The van der Waals surface area contributed by atoms with E-state index in [4.69, 9.17) is 0 Å². The number of carbonyl (C=O) groups excluding carboxylic acids is 2. The standard InChI is InChI=1S/C22H26BrN3O5/c1-14(15-2-4-16(23)5-3-15)24-21(30)19(28)20(29)22(31)26-12-10-25(11-13-26)17-6-8-18(27)9-7-17/h2-9,14,19-20,27-29H,10-13H2,1H3,(H,24,30). The summed E-state index contributed by atoms with van der Waals surface area (Å²) in [5.41, 5.74) is 1.75. The summed E-state index contributed by atoms with van der Waals surface area (Å²) in [4.78, 5) is 28.5. The number of piperazine rings is 1. The van der Waals surface area contributed by atoms with Crippen LogP contribution in [0.15, 0.2) is 53.0 Å². The Kier molecular flexibility index (Phi) is 7.53. The molecule has 2 aromatic carbocycles. The number of nitrogens with zero attached hydrogens (tertiary/aromatic N) is 2. The van der Waals surface area contributed by atoms with Crippen molar-refractivity contribution in [3.63, 3.8) is 0 Å². The number of phenolic OH excluding ortho intramolecular Hbond substituents is 1. The highest BCUT2D eigenvalue weighted by atomic mass is 79.9. The largest absolute Gasteiger partial charge is 0.508 e. The molecular weight excluding hydrogens is 466 g/mol. The summed E-state index contributed by atoms with van der Waals surface area (Å²) in [7, 11) is 0. The number of anilines is 1. The molecule has 0 bridgehead atoms. The lowest BCUT2D eigenvalue weighted by Crippen LogP contribution is -2.55. The lowest BCUT2D eigenvalue weighted by Gasteiger charge is -2.37. The van der Waals surface area contributed by atoms with E-state index < -0.39 is 30.1 Å². The Morgan fingerprint density at radius 3 is 2.10 bits per heavy atom. The molecule has 0 spiro atoms. The summed E-state index contributed by atoms with van der Waals surface area (Å²) < 4.78 is 0.904. The fraction of sp³-hybridized carbons (Fsp3) is 0.364. The number of nitrogens with one attached hydrogen (secondary N) is 1. The van der Waals surface area contributed by atoms with E-state index in [2.05, 4.69) is 26.1 Å². The minimum atomic E-state index is -1.86. The van der Waals surface area contributed by atoms with Gasteiger partial charge in [-0.2, -0.15) is 0 Å². The van der Waals surface area contributed by atoms with Crippen LogP contribution in [0.25, 0.3) is 0 Å². The molecule has 31 heavy (non-hydrogen) atoms. The Hall–Kier alpha value is -2.62. The molecule has 1 heterocycles. The van der Waals surface area contributed by atoms with Gasteiger partial charge in [-0.05, 0) is 48.9 Å². The molecule has 4 N–H and O–H groups in total. The Morgan fingerprint density at radius 1 is 0.935 bits per heavy atom. The van der Waals surface area contributed by atoms with Crippen LogP contribution >= 0.6 is 15.9 Å². The SMILES string of the molecule is CC(NC(=O)C(O)C(O)C(=O)N1CCN(c2ccc(O)cc2)CC1)c1ccc(Br)cc1. The van der Waals surface area contributed by atoms with Crippen molar-refractivity contribution in [2.45, 2.75) is 25.2 Å². The quantitative estimate of drug-likeness (QED) is 0.485. The topological polar surface area (TPSA) is 113 Å². The fourth-order valence-electron chi connectivity index (χ4n) is 3.45. The number of aliphatic hydroxyl groups is 2. The first-order valence-electron chi connectivity index (χ1n) is 10.0. The molecule has 0 radical (unpaired) electrons. The predicted octanol–water partition coefficient (Wildman–Crippen LogP) is 1.40. The van der Waals surface area contributed by atoms with Crippen molar-refractivity contribution in [2.24, 2.45) is 0 Å². The number of amides is 2. The van der Waals surface area contributed by atoms with E-state index in [0.717, 1.165) is 15.7 Å². The maximum absolute atomic E-state index is 12.6. The molecule has 1 saturated heterocycles. The van der Waals surface area contributed by atoms with Gasteiger partial charge in [0, 0.05) is 36.3 Å². The lowest BCUT2D eigenvalue weighted by molar-refractivity contribution is -0.153. The van der Waals surface area contributed by atoms with Crippen molar-refractivity contribution >= 4 is 33.4 Å². The number of rotatable bonds is 6. The van der Waals surface area contributed by atoms with Gasteiger partial charge in [0.05, 0.1) is 6.04 Å². The number of hydrogen-bond donors (Lipinski definition) is 4. The maximum Gasteiger partial charge on any atom is 0.254 e. The van der Waals surface area contributed by atoms with Gasteiger partial charge < -0.3 is 30.4 Å². The first-order valence-corrected chi connectivity index (χ1v) is 10.8. The Bertz CT molecular complexity index is 898. The normalized spacial score (nSPS) is 17.0. The minimum absolute atomic E-state index is 0.183. The summed E-state index contributed by atoms with van der Waals surface area (Å²) in [6, 6.07) is 13.7. The molecule has 1 aliphatic heterocycles. The average molecular weight is 492 g/mol. The van der Waals surface area contributed by atoms with Gasteiger partial charge in [-0.1, -0.05) is 28.1 Å². The van der Waals surface area contributed by atoms with Gasteiger partial charge >= 0.3 is 0 Å². The molecule has 0 aliphatic carbocycles. The molecule has 0 aromatic heterocycles. The predicted molar refractivity (Wildman–Crippen MR) is 120 cm³/mol. The first-order chi connectivity index (χ1) is 14.8. The number of benzene rings is 2. The van der Waals surface area contributed by atoms with E-state index >= 15 is 0 Å². The fourth-order valence-corrected chi connectivity index (χ4v) is 3.71. The summed E-state index contributed by atoms with van der Waals surface area (Å²) >= 11 is 3.35. The van der Waals surface area contributed by atoms with Crippen LogP contribution in [0.2, 0.25) is 0 Å². The molecular formula is C22H26BrN3O5. The highest BCUT2D eigenvalue weighted by molar-refractivity contribution is 9.10. The van der Waals surface area contributed by atoms with E-state index in [0.29, 0.717) is 26.2 Å². The van der Waals surface area contributed by atoms with E-state index in [-0.39, 0.29) is 5.75 Å². The summed E-state index contributed by atoms with van der Waals surface area (Å²) in [6.45, 7) is 3.52. The van der Waals surface area contributed by atoms with Gasteiger partial charge in [0.15, 0.2) is 12.2 Å². The highest BCUT2D eigenvalue weighted by Gasteiger charge is 2.35. The molecule has 3 atom stereocenters. The third-order valence-electron chi connectivity index (χ3n) is 5.36. The minimum Gasteiger partial charge on any atom is -0.508 e. The highest BCUT2D eigenvalue weighted by Crippen LogP contribution is 2.20. The molecule has 1 aliphatic rings. The third kappa shape index (κ3) is 5.75. The molecule has 3 rings (SSSR count). The Labute approximate surface area is 189 Å². The molecule has 8 nitrogen and oxygen atoms in total. The van der Waals surface area contributed by atoms with Crippen LogP contribution in [-0.4, -0.2) is 70.4 Å². The number of aromatic hydroxyl groups is 1. The summed E-state index contributed by atoms with van der Waals surface area (Å²) in [5, 5.41) is 32.5. The van der Waals surface area contributed by atoms with Crippen molar-refractivity contribution in [1.82, 2.24) is 10.2 Å². The zero-order chi connectivity index (χ0) is 22.5. The summed E-state index contributed by atoms with van der Waals surface area (Å²) in [6.07, 6.45) is -3.70. The van der Waals surface area contributed by atoms with Crippen LogP contribution < -0.4 is 10.2 Å². The van der Waals surface area contributed by atoms with Crippen LogP contribution in [0.5, 0.6) is 5.75 Å². The van der Waals surface area contributed by atoms with Gasteiger partial charge in [-0.25, -0.2) is 0 Å². The smallest absolute Gasteiger partial charge is 0.254 e. The second kappa shape index (κ2) is 10.1. The maximum atomic E-state index is 12.6. The lowest BCUT2D eigenvalue weighted by atomic mass is 10.1. The third-order valence-corrected chi connectivity index (χ3v) is 5.88. The Morgan fingerprint density at radius 2 is 1.52 bits per heavy atom. The van der Waals surface area contributed by atoms with Gasteiger partial charge in [-0.15, -0.1) is 0 Å². The van der Waals surface area contributed by atoms with E-state index in [1.165, 1.54) is 4.90 Å². The average Bonchev–Trinajstić information content (AvgIpc) is 2.78. The van der Waals surface area contributed by atoms with Crippen LogP contribution in [0.4, 0.5) is 5.69 Å². The zero-order valence-electron chi connectivity index (χ0n) is 17.1.